The lowest BCUT2D eigenvalue weighted by Gasteiger charge is -2.19. The molecule has 0 amide bonds. The van der Waals surface area contributed by atoms with Crippen molar-refractivity contribution in [3.63, 3.8) is 0 Å². The molecule has 0 aliphatic carbocycles. The molecule has 34 heavy (non-hydrogen) atoms. The molecule has 0 unspecified atom stereocenters. The number of hydrogen-bond donors (Lipinski definition) is 1. The SMILES string of the molecule is CCOc1nc([C@H](CS(C)(=O)=O)n2c(=O)[nH]c3c(C)c(-c4ccccn4)cnc32)ccc1OC. The Morgan fingerprint density at radius 3 is 2.62 bits per heavy atom. The second-order valence-electron chi connectivity index (χ2n) is 7.80. The number of H-pyrrole nitrogens is 1. The summed E-state index contributed by atoms with van der Waals surface area (Å²) in [4.78, 5) is 29.4. The summed E-state index contributed by atoms with van der Waals surface area (Å²) in [6.07, 6.45) is 4.43. The monoisotopic (exact) mass is 483 g/mol. The Morgan fingerprint density at radius 1 is 1.18 bits per heavy atom. The molecule has 0 bridgehead atoms. The summed E-state index contributed by atoms with van der Waals surface area (Å²) in [6, 6.07) is 7.87. The number of nitrogens with one attached hydrogen (secondary N) is 1. The molecular weight excluding hydrogens is 458 g/mol. The third kappa shape index (κ3) is 4.51. The van der Waals surface area contributed by atoms with E-state index in [2.05, 4.69) is 19.9 Å². The van der Waals surface area contributed by atoms with Crippen molar-refractivity contribution in [1.29, 1.82) is 0 Å². The highest BCUT2D eigenvalue weighted by molar-refractivity contribution is 7.90. The summed E-state index contributed by atoms with van der Waals surface area (Å²) in [7, 11) is -2.02. The van der Waals surface area contributed by atoms with Crippen LogP contribution < -0.4 is 15.2 Å². The van der Waals surface area contributed by atoms with Crippen LogP contribution in [-0.2, 0) is 9.84 Å². The Hall–Kier alpha value is -3.73. The van der Waals surface area contributed by atoms with Crippen LogP contribution in [0.4, 0.5) is 0 Å². The van der Waals surface area contributed by atoms with E-state index < -0.39 is 21.6 Å². The highest BCUT2D eigenvalue weighted by atomic mass is 32.2. The fraction of sp³-hybridized carbons (Fsp3) is 0.304. The number of hydrogen-bond acceptors (Lipinski definition) is 8. The molecule has 4 heterocycles. The molecule has 4 aromatic rings. The van der Waals surface area contributed by atoms with Crippen molar-refractivity contribution in [2.45, 2.75) is 19.9 Å². The van der Waals surface area contributed by atoms with E-state index in [1.165, 1.54) is 11.7 Å². The Labute approximate surface area is 196 Å². The molecule has 0 aromatic carbocycles. The van der Waals surface area contributed by atoms with Gasteiger partial charge in [0.2, 0.25) is 0 Å². The number of nitrogens with zero attached hydrogens (tertiary/aromatic N) is 4. The molecule has 1 atom stereocenters. The van der Waals surface area contributed by atoms with Gasteiger partial charge in [0.25, 0.3) is 5.88 Å². The molecule has 4 aromatic heterocycles. The summed E-state index contributed by atoms with van der Waals surface area (Å²) < 4.78 is 36.9. The molecule has 0 fully saturated rings. The molecule has 1 N–H and O–H groups in total. The van der Waals surface area contributed by atoms with Crippen LogP contribution in [-0.4, -0.2) is 58.6 Å². The van der Waals surface area contributed by atoms with Crippen molar-refractivity contribution in [3.8, 4) is 22.9 Å². The predicted octanol–water partition coefficient (Wildman–Crippen LogP) is 2.53. The summed E-state index contributed by atoms with van der Waals surface area (Å²) in [5.41, 5.74) is 2.93. The maximum atomic E-state index is 13.1. The topological polar surface area (TPSA) is 129 Å². The fourth-order valence-electron chi connectivity index (χ4n) is 3.86. The highest BCUT2D eigenvalue weighted by Crippen LogP contribution is 2.31. The van der Waals surface area contributed by atoms with E-state index in [1.54, 1.807) is 31.5 Å². The Bertz CT molecular complexity index is 1500. The van der Waals surface area contributed by atoms with Gasteiger partial charge in [-0.3, -0.25) is 9.55 Å². The Morgan fingerprint density at radius 2 is 1.97 bits per heavy atom. The zero-order chi connectivity index (χ0) is 24.5. The zero-order valence-electron chi connectivity index (χ0n) is 19.3. The minimum absolute atomic E-state index is 0.218. The number of aromatic amines is 1. The van der Waals surface area contributed by atoms with E-state index in [-0.39, 0.29) is 11.6 Å². The number of pyridine rings is 3. The normalized spacial score (nSPS) is 12.6. The lowest BCUT2D eigenvalue weighted by atomic mass is 10.1. The van der Waals surface area contributed by atoms with Crippen LogP contribution in [0.5, 0.6) is 11.6 Å². The first-order valence-electron chi connectivity index (χ1n) is 10.6. The van der Waals surface area contributed by atoms with E-state index in [0.717, 1.165) is 17.4 Å². The number of aryl methyl sites for hydroxylation is 1. The Balaban J connectivity index is 1.92. The van der Waals surface area contributed by atoms with E-state index >= 15 is 0 Å². The number of imidazole rings is 1. The lowest BCUT2D eigenvalue weighted by molar-refractivity contribution is 0.296. The molecule has 4 rings (SSSR count). The van der Waals surface area contributed by atoms with Crippen molar-refractivity contribution in [1.82, 2.24) is 24.5 Å². The molecule has 0 radical (unpaired) electrons. The summed E-state index contributed by atoms with van der Waals surface area (Å²) in [6.45, 7) is 4.00. The standard InChI is InChI=1S/C23H25N5O5S/c1-5-33-22-19(32-3)10-9-17(26-22)18(13-34(4,30)31)28-21-20(27-23(28)29)14(2)15(12-25-21)16-8-6-7-11-24-16/h6-12,18H,5,13H2,1-4H3,(H,27,29)/t18-/m0/s1. The van der Waals surface area contributed by atoms with Crippen molar-refractivity contribution >= 4 is 21.0 Å². The fourth-order valence-corrected chi connectivity index (χ4v) is 4.75. The quantitative estimate of drug-likeness (QED) is 0.405. The molecular formula is C23H25N5O5S. The first kappa shape index (κ1) is 23.4. The van der Waals surface area contributed by atoms with Gasteiger partial charge in [-0.2, -0.15) is 0 Å². The van der Waals surface area contributed by atoms with Crippen LogP contribution in [0.2, 0.25) is 0 Å². The molecule has 11 heteroatoms. The average molecular weight is 484 g/mol. The number of ether oxygens (including phenoxy) is 2. The van der Waals surface area contributed by atoms with Crippen LogP contribution >= 0.6 is 0 Å². The van der Waals surface area contributed by atoms with Crippen molar-refractivity contribution in [3.05, 3.63) is 64.5 Å². The molecule has 178 valence electrons. The maximum absolute atomic E-state index is 13.1. The summed E-state index contributed by atoms with van der Waals surface area (Å²) >= 11 is 0. The second kappa shape index (κ2) is 9.26. The molecule has 0 aliphatic heterocycles. The smallest absolute Gasteiger partial charge is 0.328 e. The van der Waals surface area contributed by atoms with Crippen LogP contribution in [0, 0.1) is 6.92 Å². The van der Waals surface area contributed by atoms with Gasteiger partial charge in [-0.15, -0.1) is 0 Å². The van der Waals surface area contributed by atoms with Gasteiger partial charge in [-0.1, -0.05) is 6.07 Å². The van der Waals surface area contributed by atoms with Crippen LogP contribution in [0.25, 0.3) is 22.4 Å². The molecule has 0 saturated carbocycles. The first-order chi connectivity index (χ1) is 16.2. The summed E-state index contributed by atoms with van der Waals surface area (Å²) in [5, 5.41) is 0. The van der Waals surface area contributed by atoms with E-state index in [9.17, 15) is 13.2 Å². The van der Waals surface area contributed by atoms with E-state index in [0.29, 0.717) is 34.9 Å². The molecule has 0 aliphatic rings. The van der Waals surface area contributed by atoms with E-state index in [1.807, 2.05) is 25.1 Å². The Kier molecular flexibility index (Phi) is 6.38. The molecule has 0 spiro atoms. The van der Waals surface area contributed by atoms with Gasteiger partial charge in [0, 0.05) is 24.2 Å². The number of fused-ring (bicyclic) bond motifs is 1. The second-order valence-corrected chi connectivity index (χ2v) is 9.98. The van der Waals surface area contributed by atoms with Gasteiger partial charge in [-0.05, 0) is 43.7 Å². The zero-order valence-corrected chi connectivity index (χ0v) is 20.1. The van der Waals surface area contributed by atoms with Crippen LogP contribution in [0.3, 0.4) is 0 Å². The lowest BCUT2D eigenvalue weighted by Crippen LogP contribution is -2.29. The first-order valence-corrected chi connectivity index (χ1v) is 12.7. The van der Waals surface area contributed by atoms with Gasteiger partial charge < -0.3 is 14.5 Å². The molecule has 0 saturated heterocycles. The third-order valence-electron chi connectivity index (χ3n) is 5.40. The number of rotatable bonds is 8. The van der Waals surface area contributed by atoms with Gasteiger partial charge >= 0.3 is 5.69 Å². The predicted molar refractivity (Wildman–Crippen MR) is 128 cm³/mol. The maximum Gasteiger partial charge on any atom is 0.328 e. The van der Waals surface area contributed by atoms with Crippen molar-refractivity contribution < 1.29 is 17.9 Å². The van der Waals surface area contributed by atoms with E-state index in [4.69, 9.17) is 9.47 Å². The van der Waals surface area contributed by atoms with Crippen LogP contribution in [0.15, 0.2) is 47.5 Å². The minimum Gasteiger partial charge on any atom is -0.491 e. The van der Waals surface area contributed by atoms with Gasteiger partial charge in [-0.25, -0.2) is 23.2 Å². The van der Waals surface area contributed by atoms with Gasteiger partial charge in [0.15, 0.2) is 11.4 Å². The number of sulfone groups is 1. The summed E-state index contributed by atoms with van der Waals surface area (Å²) in [5.74, 6) is 0.271. The minimum atomic E-state index is -3.51. The van der Waals surface area contributed by atoms with Crippen molar-refractivity contribution in [2.24, 2.45) is 0 Å². The number of methoxy groups -OCH3 is 1. The highest BCUT2D eigenvalue weighted by Gasteiger charge is 2.27. The number of aromatic nitrogens is 5. The van der Waals surface area contributed by atoms with Gasteiger partial charge in [0.1, 0.15) is 9.84 Å². The van der Waals surface area contributed by atoms with Crippen LogP contribution in [0.1, 0.15) is 24.2 Å². The molecule has 10 nitrogen and oxygen atoms in total. The largest absolute Gasteiger partial charge is 0.491 e. The third-order valence-corrected chi connectivity index (χ3v) is 6.32. The average Bonchev–Trinajstić information content (AvgIpc) is 3.14. The van der Waals surface area contributed by atoms with Crippen molar-refractivity contribution in [2.75, 3.05) is 25.7 Å². The van der Waals surface area contributed by atoms with Gasteiger partial charge in [0.05, 0.1) is 42.4 Å².